The van der Waals surface area contributed by atoms with E-state index in [-0.39, 0.29) is 17.9 Å². The van der Waals surface area contributed by atoms with E-state index in [9.17, 15) is 18.8 Å². The summed E-state index contributed by atoms with van der Waals surface area (Å²) in [6.07, 6.45) is 4.65. The topological polar surface area (TPSA) is 109 Å². The molecule has 2 amide bonds. The minimum absolute atomic E-state index is 0.0152. The molecule has 0 atom stereocenters. The van der Waals surface area contributed by atoms with Crippen LogP contribution in [0.25, 0.3) is 6.08 Å². The Morgan fingerprint density at radius 1 is 1.07 bits per heavy atom. The maximum Gasteiger partial charge on any atom is 0.303 e. The summed E-state index contributed by atoms with van der Waals surface area (Å²) in [6, 6.07) is 8.47. The Balaban J connectivity index is 2.00. The fourth-order valence-corrected chi connectivity index (χ4v) is 2.35. The number of aliphatic carboxylic acids is 1. The molecule has 3 N–H and O–H groups in total. The number of rotatable bonds is 10. The number of hydrogen-bond acceptors (Lipinski definition) is 4. The molecule has 7 nitrogen and oxygen atoms in total. The zero-order chi connectivity index (χ0) is 20.4. The van der Waals surface area contributed by atoms with Gasteiger partial charge in [-0.1, -0.05) is 18.6 Å². The number of carboxylic acids is 1. The van der Waals surface area contributed by atoms with Crippen molar-refractivity contribution in [2.45, 2.75) is 25.7 Å². The van der Waals surface area contributed by atoms with Crippen molar-refractivity contribution < 1.29 is 28.3 Å². The molecule has 0 bridgehead atoms. The van der Waals surface area contributed by atoms with Crippen molar-refractivity contribution in [3.05, 3.63) is 65.5 Å². The molecule has 1 heterocycles. The van der Waals surface area contributed by atoms with Crippen molar-refractivity contribution in [3.63, 3.8) is 0 Å². The molecule has 28 heavy (non-hydrogen) atoms. The molecule has 0 unspecified atom stereocenters. The molecule has 1 aromatic heterocycles. The lowest BCUT2D eigenvalue weighted by atomic mass is 10.1. The first-order chi connectivity index (χ1) is 13.5. The molecular weight excluding hydrogens is 367 g/mol. The Morgan fingerprint density at radius 3 is 2.46 bits per heavy atom. The standard InChI is InChI=1S/C20H21FN2O5/c21-15-9-7-14(8-10-15)13-16(23-20(27)17-5-4-12-28-17)19(26)22-11-3-1-2-6-18(24)25/h4-5,7-10,12-13H,1-3,6,11H2,(H,22,26)(H,23,27)(H,24,25)/b16-13+. The van der Waals surface area contributed by atoms with E-state index < -0.39 is 23.6 Å². The lowest BCUT2D eigenvalue weighted by molar-refractivity contribution is -0.137. The minimum atomic E-state index is -0.853. The van der Waals surface area contributed by atoms with Gasteiger partial charge in [0.05, 0.1) is 6.26 Å². The molecule has 0 aliphatic carbocycles. The Morgan fingerprint density at radius 2 is 1.82 bits per heavy atom. The second-order valence-electron chi connectivity index (χ2n) is 6.00. The van der Waals surface area contributed by atoms with Crippen LogP contribution in [0.15, 0.2) is 52.8 Å². The molecule has 2 aromatic rings. The molecule has 0 saturated carbocycles. The molecule has 2 rings (SSSR count). The Labute approximate surface area is 161 Å². The summed E-state index contributed by atoms with van der Waals surface area (Å²) < 4.78 is 18.1. The van der Waals surface area contributed by atoms with Gasteiger partial charge in [0.2, 0.25) is 0 Å². The van der Waals surface area contributed by atoms with Gasteiger partial charge in [0.15, 0.2) is 5.76 Å². The monoisotopic (exact) mass is 388 g/mol. The van der Waals surface area contributed by atoms with E-state index >= 15 is 0 Å². The van der Waals surface area contributed by atoms with Crippen LogP contribution in [0.3, 0.4) is 0 Å². The van der Waals surface area contributed by atoms with E-state index in [2.05, 4.69) is 10.6 Å². The third-order valence-corrected chi connectivity index (χ3v) is 3.77. The molecule has 0 fully saturated rings. The Kier molecular flexibility index (Phi) is 7.95. The van der Waals surface area contributed by atoms with Crippen molar-refractivity contribution >= 4 is 23.9 Å². The normalized spacial score (nSPS) is 11.1. The van der Waals surface area contributed by atoms with Gasteiger partial charge in [0.1, 0.15) is 11.5 Å². The zero-order valence-electron chi connectivity index (χ0n) is 15.1. The number of carboxylic acid groups (broad SMARTS) is 1. The molecular formula is C20H21FN2O5. The highest BCUT2D eigenvalue weighted by Crippen LogP contribution is 2.09. The first kappa shape index (κ1) is 20.9. The van der Waals surface area contributed by atoms with Gasteiger partial charge in [-0.3, -0.25) is 14.4 Å². The SMILES string of the molecule is O=C(O)CCCCCNC(=O)/C(=C\c1ccc(F)cc1)NC(=O)c1ccco1. The van der Waals surface area contributed by atoms with Crippen molar-refractivity contribution in [3.8, 4) is 0 Å². The molecule has 0 aliphatic heterocycles. The van der Waals surface area contributed by atoms with Gasteiger partial charge in [-0.25, -0.2) is 4.39 Å². The van der Waals surface area contributed by atoms with Crippen molar-refractivity contribution in [1.29, 1.82) is 0 Å². The third-order valence-electron chi connectivity index (χ3n) is 3.77. The molecule has 0 radical (unpaired) electrons. The molecule has 0 spiro atoms. The van der Waals surface area contributed by atoms with Gasteiger partial charge in [0, 0.05) is 13.0 Å². The van der Waals surface area contributed by atoms with Crippen LogP contribution >= 0.6 is 0 Å². The van der Waals surface area contributed by atoms with Crippen LogP contribution in [0, 0.1) is 5.82 Å². The highest BCUT2D eigenvalue weighted by Gasteiger charge is 2.16. The number of furan rings is 1. The predicted octanol–water partition coefficient (Wildman–Crippen LogP) is 2.95. The van der Waals surface area contributed by atoms with E-state index in [0.29, 0.717) is 31.4 Å². The van der Waals surface area contributed by atoms with Crippen LogP contribution in [0.5, 0.6) is 0 Å². The molecule has 8 heteroatoms. The van der Waals surface area contributed by atoms with Gasteiger partial charge in [0.25, 0.3) is 11.8 Å². The third kappa shape index (κ3) is 7.06. The van der Waals surface area contributed by atoms with E-state index in [1.165, 1.54) is 42.7 Å². The maximum atomic E-state index is 13.1. The van der Waals surface area contributed by atoms with Gasteiger partial charge in [-0.05, 0) is 48.7 Å². The van der Waals surface area contributed by atoms with Crippen LogP contribution in [-0.2, 0) is 9.59 Å². The number of halogens is 1. The van der Waals surface area contributed by atoms with Gasteiger partial charge in [-0.15, -0.1) is 0 Å². The fourth-order valence-electron chi connectivity index (χ4n) is 2.35. The van der Waals surface area contributed by atoms with Crippen LogP contribution < -0.4 is 10.6 Å². The number of nitrogens with one attached hydrogen (secondary N) is 2. The predicted molar refractivity (Wildman–Crippen MR) is 99.7 cm³/mol. The fraction of sp³-hybridized carbons (Fsp3) is 0.250. The van der Waals surface area contributed by atoms with Crippen LogP contribution in [0.1, 0.15) is 41.8 Å². The summed E-state index contributed by atoms with van der Waals surface area (Å²) in [6.45, 7) is 0.329. The smallest absolute Gasteiger partial charge is 0.303 e. The second kappa shape index (κ2) is 10.7. The summed E-state index contributed by atoms with van der Waals surface area (Å²) in [4.78, 5) is 35.1. The highest BCUT2D eigenvalue weighted by molar-refractivity contribution is 6.04. The number of carbonyl (C=O) groups excluding carboxylic acids is 2. The summed E-state index contributed by atoms with van der Waals surface area (Å²) in [5, 5.41) is 13.8. The van der Waals surface area contributed by atoms with Crippen LogP contribution in [-0.4, -0.2) is 29.4 Å². The lowest BCUT2D eigenvalue weighted by Gasteiger charge is -2.10. The number of amides is 2. The Hall–Kier alpha value is -3.42. The molecule has 1 aromatic carbocycles. The largest absolute Gasteiger partial charge is 0.481 e. The molecule has 0 aliphatic rings. The summed E-state index contributed by atoms with van der Waals surface area (Å²) in [5.41, 5.74) is 0.520. The lowest BCUT2D eigenvalue weighted by Crippen LogP contribution is -2.35. The number of unbranched alkanes of at least 4 members (excludes halogenated alkanes) is 2. The summed E-state index contributed by atoms with van der Waals surface area (Å²) in [7, 11) is 0. The van der Waals surface area contributed by atoms with E-state index in [1.807, 2.05) is 0 Å². The maximum absolute atomic E-state index is 13.1. The van der Waals surface area contributed by atoms with Crippen molar-refractivity contribution in [1.82, 2.24) is 10.6 Å². The van der Waals surface area contributed by atoms with Gasteiger partial charge < -0.3 is 20.2 Å². The first-order valence-corrected chi connectivity index (χ1v) is 8.78. The zero-order valence-corrected chi connectivity index (χ0v) is 15.1. The first-order valence-electron chi connectivity index (χ1n) is 8.78. The Bertz CT molecular complexity index is 829. The van der Waals surface area contributed by atoms with Gasteiger partial charge in [-0.2, -0.15) is 0 Å². The highest BCUT2D eigenvalue weighted by atomic mass is 19.1. The van der Waals surface area contributed by atoms with Gasteiger partial charge >= 0.3 is 5.97 Å². The molecule has 148 valence electrons. The summed E-state index contributed by atoms with van der Waals surface area (Å²) >= 11 is 0. The number of hydrogen-bond donors (Lipinski definition) is 3. The molecule has 0 saturated heterocycles. The van der Waals surface area contributed by atoms with Crippen molar-refractivity contribution in [2.24, 2.45) is 0 Å². The average molecular weight is 388 g/mol. The van der Waals surface area contributed by atoms with E-state index in [1.54, 1.807) is 6.07 Å². The van der Waals surface area contributed by atoms with E-state index in [4.69, 9.17) is 9.52 Å². The van der Waals surface area contributed by atoms with Crippen molar-refractivity contribution in [2.75, 3.05) is 6.54 Å². The van der Waals surface area contributed by atoms with Crippen LogP contribution in [0.2, 0.25) is 0 Å². The second-order valence-corrected chi connectivity index (χ2v) is 6.00. The van der Waals surface area contributed by atoms with Crippen LogP contribution in [0.4, 0.5) is 4.39 Å². The van der Waals surface area contributed by atoms with E-state index in [0.717, 1.165) is 0 Å². The number of benzene rings is 1. The average Bonchev–Trinajstić information content (AvgIpc) is 3.20. The quantitative estimate of drug-likeness (QED) is 0.428. The minimum Gasteiger partial charge on any atom is -0.481 e. The number of carbonyl (C=O) groups is 3. The summed E-state index contributed by atoms with van der Waals surface area (Å²) in [5.74, 6) is -2.32.